The number of Topliss-reactive ketones (excluding diaryl/α,β-unsaturated/α-hetero) is 1. The number of phenolic OH excluding ortho intramolecular Hbond substituents is 1. The zero-order valence-corrected chi connectivity index (χ0v) is 11.8. The Morgan fingerprint density at radius 2 is 2.00 bits per heavy atom. The van der Waals surface area contributed by atoms with E-state index in [-0.39, 0.29) is 17.4 Å². The number of methoxy groups -OCH3 is 1. The molecule has 0 bridgehead atoms. The number of hydrogen-bond acceptors (Lipinski definition) is 4. The predicted molar refractivity (Wildman–Crippen MR) is 79.0 cm³/mol. The lowest BCUT2D eigenvalue weighted by Crippen LogP contribution is -2.42. The van der Waals surface area contributed by atoms with E-state index in [4.69, 9.17) is 4.74 Å². The minimum absolute atomic E-state index is 0.130. The van der Waals surface area contributed by atoms with E-state index in [2.05, 4.69) is 5.32 Å². The van der Waals surface area contributed by atoms with Crippen molar-refractivity contribution in [3.8, 4) is 22.6 Å². The number of nitrogens with one attached hydrogen (secondary N) is 1. The van der Waals surface area contributed by atoms with Crippen molar-refractivity contribution in [2.75, 3.05) is 7.11 Å². The molecule has 110 valence electrons. The summed E-state index contributed by atoms with van der Waals surface area (Å²) in [6.07, 6.45) is 0.614. The molecule has 1 atom stereocenters. The molecular formula is C17H13NO4. The zero-order valence-electron chi connectivity index (χ0n) is 11.8. The number of benzene rings is 2. The molecule has 1 aliphatic heterocycles. The van der Waals surface area contributed by atoms with Crippen molar-refractivity contribution in [1.82, 2.24) is 5.32 Å². The highest BCUT2D eigenvalue weighted by molar-refractivity contribution is 6.44. The number of ether oxygens (including phenoxy) is 1. The number of rotatable bonds is 1. The molecule has 1 heterocycles. The average Bonchev–Trinajstić information content (AvgIpc) is 2.52. The van der Waals surface area contributed by atoms with E-state index in [9.17, 15) is 14.7 Å². The zero-order chi connectivity index (χ0) is 15.4. The number of carbonyl (C=O) groups is 2. The van der Waals surface area contributed by atoms with Gasteiger partial charge in [0.05, 0.1) is 13.2 Å². The van der Waals surface area contributed by atoms with Gasteiger partial charge in [-0.2, -0.15) is 0 Å². The van der Waals surface area contributed by atoms with Crippen LogP contribution in [0, 0.1) is 0 Å². The van der Waals surface area contributed by atoms with Crippen molar-refractivity contribution in [1.29, 1.82) is 0 Å². The quantitative estimate of drug-likeness (QED) is 0.789. The van der Waals surface area contributed by atoms with Crippen LogP contribution in [0.25, 0.3) is 11.1 Å². The maximum Gasteiger partial charge on any atom is 0.292 e. The molecule has 2 aliphatic rings. The predicted octanol–water partition coefficient (Wildman–Crippen LogP) is 1.98. The molecule has 22 heavy (non-hydrogen) atoms. The summed E-state index contributed by atoms with van der Waals surface area (Å²) in [5, 5.41) is 13.0. The summed E-state index contributed by atoms with van der Waals surface area (Å²) in [6.45, 7) is 0. The van der Waals surface area contributed by atoms with E-state index in [0.717, 1.165) is 16.7 Å². The third-order valence-corrected chi connectivity index (χ3v) is 4.32. The minimum atomic E-state index is -0.632. The second-order valence-electron chi connectivity index (χ2n) is 5.48. The van der Waals surface area contributed by atoms with Crippen LogP contribution in [-0.2, 0) is 11.2 Å². The lowest BCUT2D eigenvalue weighted by atomic mass is 9.77. The van der Waals surface area contributed by atoms with Gasteiger partial charge in [-0.25, -0.2) is 0 Å². The van der Waals surface area contributed by atoms with Gasteiger partial charge in [0, 0.05) is 11.1 Å². The van der Waals surface area contributed by atoms with Crippen molar-refractivity contribution in [2.45, 2.75) is 12.5 Å². The second kappa shape index (κ2) is 4.34. The van der Waals surface area contributed by atoms with E-state index >= 15 is 0 Å². The summed E-state index contributed by atoms with van der Waals surface area (Å²) in [5.41, 5.74) is 3.66. The lowest BCUT2D eigenvalue weighted by Gasteiger charge is -2.34. The standard InChI is InChI=1S/C17H13NO4/c1-22-16-12(19)7-10-13-11(18-17(21)15(10)20)6-8-4-2-3-5-9(8)14(13)16/h2-5,7,11,19H,6H2,1H3,(H,18,21)/t11-/m1/s1. The Hall–Kier alpha value is -2.82. The molecule has 2 aromatic rings. The molecule has 1 amide bonds. The molecule has 0 fully saturated rings. The van der Waals surface area contributed by atoms with Crippen LogP contribution >= 0.6 is 0 Å². The van der Waals surface area contributed by atoms with E-state index in [1.165, 1.54) is 13.2 Å². The van der Waals surface area contributed by atoms with Crippen molar-refractivity contribution in [3.63, 3.8) is 0 Å². The highest BCUT2D eigenvalue weighted by Crippen LogP contribution is 2.50. The average molecular weight is 295 g/mol. The Kier molecular flexibility index (Phi) is 2.54. The number of fused-ring (bicyclic) bond motifs is 2. The maximum atomic E-state index is 12.2. The van der Waals surface area contributed by atoms with Crippen LogP contribution in [0.4, 0.5) is 0 Å². The Morgan fingerprint density at radius 1 is 1.23 bits per heavy atom. The minimum Gasteiger partial charge on any atom is -0.504 e. The fourth-order valence-electron chi connectivity index (χ4n) is 3.42. The van der Waals surface area contributed by atoms with Crippen molar-refractivity contribution in [2.24, 2.45) is 0 Å². The second-order valence-corrected chi connectivity index (χ2v) is 5.48. The van der Waals surface area contributed by atoms with Gasteiger partial charge in [0.1, 0.15) is 0 Å². The summed E-state index contributed by atoms with van der Waals surface area (Å²) in [7, 11) is 1.48. The van der Waals surface area contributed by atoms with Crippen LogP contribution < -0.4 is 10.1 Å². The van der Waals surface area contributed by atoms with Gasteiger partial charge in [-0.1, -0.05) is 24.3 Å². The van der Waals surface area contributed by atoms with Crippen LogP contribution in [0.15, 0.2) is 30.3 Å². The maximum absolute atomic E-state index is 12.2. The largest absolute Gasteiger partial charge is 0.504 e. The molecular weight excluding hydrogens is 282 g/mol. The first-order valence-electron chi connectivity index (χ1n) is 6.99. The Bertz CT molecular complexity index is 841. The summed E-state index contributed by atoms with van der Waals surface area (Å²) in [5.74, 6) is -1.05. The van der Waals surface area contributed by atoms with Crippen molar-refractivity contribution >= 4 is 11.7 Å². The molecule has 4 rings (SSSR count). The van der Waals surface area contributed by atoms with E-state index < -0.39 is 11.7 Å². The normalized spacial score (nSPS) is 18.3. The van der Waals surface area contributed by atoms with Crippen LogP contribution in [0.5, 0.6) is 11.5 Å². The summed E-state index contributed by atoms with van der Waals surface area (Å²) in [4.78, 5) is 24.0. The molecule has 2 aromatic carbocycles. The molecule has 0 radical (unpaired) electrons. The first-order valence-corrected chi connectivity index (χ1v) is 6.99. The third-order valence-electron chi connectivity index (χ3n) is 4.32. The number of aromatic hydroxyl groups is 1. The van der Waals surface area contributed by atoms with Gasteiger partial charge in [0.15, 0.2) is 11.5 Å². The molecule has 0 saturated carbocycles. The number of phenols is 1. The van der Waals surface area contributed by atoms with Crippen LogP contribution in [0.3, 0.4) is 0 Å². The first kappa shape index (κ1) is 12.9. The van der Waals surface area contributed by atoms with Gasteiger partial charge in [-0.3, -0.25) is 9.59 Å². The molecule has 0 saturated heterocycles. The molecule has 1 aliphatic carbocycles. The summed E-state index contributed by atoms with van der Waals surface area (Å²) in [6, 6.07) is 8.79. The number of hydrogen-bond donors (Lipinski definition) is 2. The number of carbonyl (C=O) groups excluding carboxylic acids is 2. The van der Waals surface area contributed by atoms with Gasteiger partial charge in [0.2, 0.25) is 0 Å². The van der Waals surface area contributed by atoms with E-state index in [1.807, 2.05) is 24.3 Å². The summed E-state index contributed by atoms with van der Waals surface area (Å²) < 4.78 is 5.36. The molecule has 5 heteroatoms. The topological polar surface area (TPSA) is 75.6 Å². The first-order chi connectivity index (χ1) is 10.6. The van der Waals surface area contributed by atoms with Gasteiger partial charge in [0.25, 0.3) is 11.7 Å². The third kappa shape index (κ3) is 1.53. The van der Waals surface area contributed by atoms with Gasteiger partial charge in [-0.15, -0.1) is 0 Å². The van der Waals surface area contributed by atoms with Crippen LogP contribution in [0.2, 0.25) is 0 Å². The molecule has 2 N–H and O–H groups in total. The van der Waals surface area contributed by atoms with Crippen molar-refractivity contribution in [3.05, 3.63) is 47.0 Å². The monoisotopic (exact) mass is 295 g/mol. The Balaban J connectivity index is 2.14. The van der Waals surface area contributed by atoms with E-state index in [0.29, 0.717) is 17.7 Å². The lowest BCUT2D eigenvalue weighted by molar-refractivity contribution is -0.118. The number of amides is 1. The SMILES string of the molecule is COc1c(O)cc2c3c1-c1ccccc1C[C@H]3NC(=O)C2=O. The van der Waals surface area contributed by atoms with Crippen molar-refractivity contribution < 1.29 is 19.4 Å². The molecule has 0 aromatic heterocycles. The smallest absolute Gasteiger partial charge is 0.292 e. The van der Waals surface area contributed by atoms with Gasteiger partial charge < -0.3 is 15.2 Å². The van der Waals surface area contributed by atoms with Crippen LogP contribution in [0.1, 0.15) is 27.5 Å². The molecule has 0 unspecified atom stereocenters. The highest BCUT2D eigenvalue weighted by Gasteiger charge is 2.39. The highest BCUT2D eigenvalue weighted by atomic mass is 16.5. The summed E-state index contributed by atoms with van der Waals surface area (Å²) >= 11 is 0. The fraction of sp³-hybridized carbons (Fsp3) is 0.176. The van der Waals surface area contributed by atoms with Crippen LogP contribution in [-0.4, -0.2) is 23.9 Å². The molecule has 0 spiro atoms. The van der Waals surface area contributed by atoms with Gasteiger partial charge in [-0.05, 0) is 29.2 Å². The number of ketones is 1. The Labute approximate surface area is 126 Å². The fourth-order valence-corrected chi connectivity index (χ4v) is 3.42. The van der Waals surface area contributed by atoms with E-state index in [1.54, 1.807) is 0 Å². The Morgan fingerprint density at radius 3 is 2.77 bits per heavy atom. The molecule has 5 nitrogen and oxygen atoms in total. The van der Waals surface area contributed by atoms with Gasteiger partial charge >= 0.3 is 0 Å².